The van der Waals surface area contributed by atoms with Gasteiger partial charge in [0.2, 0.25) is 5.91 Å². The van der Waals surface area contributed by atoms with Gasteiger partial charge in [0, 0.05) is 69.1 Å². The summed E-state index contributed by atoms with van der Waals surface area (Å²) < 4.78 is 0. The molecule has 2 saturated heterocycles. The zero-order valence-corrected chi connectivity index (χ0v) is 15.7. The Kier molecular flexibility index (Phi) is 6.02. The second-order valence-electron chi connectivity index (χ2n) is 7.68. The van der Waals surface area contributed by atoms with Crippen LogP contribution in [0.25, 0.3) is 0 Å². The van der Waals surface area contributed by atoms with Crippen LogP contribution in [0.5, 0.6) is 0 Å². The van der Waals surface area contributed by atoms with Crippen molar-refractivity contribution in [3.05, 3.63) is 23.8 Å². The fourth-order valence-electron chi connectivity index (χ4n) is 4.10. The Labute approximate surface area is 151 Å². The number of nitrogens with zero attached hydrogens (tertiary/aromatic N) is 4. The first-order valence-electron chi connectivity index (χ1n) is 9.55. The predicted octanol–water partition coefficient (Wildman–Crippen LogP) is 1.63. The Hall–Kier alpha value is -1.53. The number of carbonyl (C=O) groups excluding carboxylic acids is 1. The van der Waals surface area contributed by atoms with Crippen molar-refractivity contribution >= 4 is 5.91 Å². The Balaban J connectivity index is 1.58. The molecule has 2 aliphatic rings. The third-order valence-electron chi connectivity index (χ3n) is 5.48. The molecule has 0 aromatic carbocycles. The van der Waals surface area contributed by atoms with E-state index in [1.807, 2.05) is 19.4 Å². The summed E-state index contributed by atoms with van der Waals surface area (Å²) in [5.74, 6) is 2.21. The topological polar surface area (TPSA) is 61.4 Å². The molecule has 25 heavy (non-hydrogen) atoms. The highest BCUT2D eigenvalue weighted by molar-refractivity contribution is 5.77. The van der Waals surface area contributed by atoms with Gasteiger partial charge in [0.15, 0.2) is 0 Å². The van der Waals surface area contributed by atoms with E-state index in [0.717, 1.165) is 51.4 Å². The number of aromatic nitrogens is 2. The quantitative estimate of drug-likeness (QED) is 0.849. The van der Waals surface area contributed by atoms with E-state index in [1.54, 1.807) is 0 Å². The molecule has 6 nitrogen and oxygen atoms in total. The van der Waals surface area contributed by atoms with Gasteiger partial charge in [0.25, 0.3) is 0 Å². The van der Waals surface area contributed by atoms with Crippen molar-refractivity contribution in [2.75, 3.05) is 33.2 Å². The molecule has 3 rings (SSSR count). The number of hydrogen-bond donors (Lipinski definition) is 1. The average Bonchev–Trinajstić information content (AvgIpc) is 2.61. The highest BCUT2D eigenvalue weighted by atomic mass is 16.2. The van der Waals surface area contributed by atoms with E-state index < -0.39 is 0 Å². The largest absolute Gasteiger partial charge is 0.338 e. The van der Waals surface area contributed by atoms with E-state index in [0.29, 0.717) is 30.2 Å². The van der Waals surface area contributed by atoms with Crippen LogP contribution in [0.4, 0.5) is 0 Å². The monoisotopic (exact) mass is 345 g/mol. The number of hydrogen-bond acceptors (Lipinski definition) is 5. The molecule has 0 saturated carbocycles. The van der Waals surface area contributed by atoms with Gasteiger partial charge in [0.05, 0.1) is 0 Å². The van der Waals surface area contributed by atoms with Crippen LogP contribution in [-0.2, 0) is 11.3 Å². The van der Waals surface area contributed by atoms with Crippen LogP contribution in [0, 0.1) is 5.92 Å². The SMILES string of the molecule is CNCCN1C(=O)CC[C@H]2CN(Cc3cnc(C(C)C)nc3)CC[C@H]21. The molecule has 0 spiro atoms. The molecule has 0 unspecified atom stereocenters. The van der Waals surface area contributed by atoms with Gasteiger partial charge in [0.1, 0.15) is 5.82 Å². The number of fused-ring (bicyclic) bond motifs is 1. The smallest absolute Gasteiger partial charge is 0.222 e. The summed E-state index contributed by atoms with van der Waals surface area (Å²) >= 11 is 0. The van der Waals surface area contributed by atoms with Gasteiger partial charge in [-0.3, -0.25) is 9.69 Å². The lowest BCUT2D eigenvalue weighted by Gasteiger charge is -2.47. The van der Waals surface area contributed by atoms with Gasteiger partial charge in [-0.15, -0.1) is 0 Å². The molecule has 2 fully saturated rings. The minimum atomic E-state index is 0.336. The summed E-state index contributed by atoms with van der Waals surface area (Å²) in [5, 5.41) is 3.17. The van der Waals surface area contributed by atoms with Crippen molar-refractivity contribution in [3.8, 4) is 0 Å². The summed E-state index contributed by atoms with van der Waals surface area (Å²) in [4.78, 5) is 25.9. The van der Waals surface area contributed by atoms with Crippen LogP contribution in [0.15, 0.2) is 12.4 Å². The summed E-state index contributed by atoms with van der Waals surface area (Å²) in [6.45, 7) is 8.95. The number of amides is 1. The minimum Gasteiger partial charge on any atom is -0.338 e. The van der Waals surface area contributed by atoms with Crippen molar-refractivity contribution in [2.24, 2.45) is 5.92 Å². The van der Waals surface area contributed by atoms with E-state index >= 15 is 0 Å². The van der Waals surface area contributed by atoms with Gasteiger partial charge >= 0.3 is 0 Å². The van der Waals surface area contributed by atoms with Crippen LogP contribution in [0.1, 0.15) is 50.4 Å². The van der Waals surface area contributed by atoms with Crippen LogP contribution in [-0.4, -0.2) is 64.9 Å². The first kappa shape index (κ1) is 18.3. The standard InChI is InChI=1S/C19H31N5O/c1-14(2)19-21-10-15(11-22-19)12-23-8-6-17-16(13-23)4-5-18(25)24(17)9-7-20-3/h10-11,14,16-17,20H,4-9,12-13H2,1-3H3/t16-,17+/m0/s1. The van der Waals surface area contributed by atoms with Crippen LogP contribution in [0.2, 0.25) is 0 Å². The summed E-state index contributed by atoms with van der Waals surface area (Å²) in [6.07, 6.45) is 6.74. The number of piperidine rings is 2. The van der Waals surface area contributed by atoms with Crippen LogP contribution in [0.3, 0.4) is 0 Å². The zero-order valence-electron chi connectivity index (χ0n) is 15.7. The highest BCUT2D eigenvalue weighted by Crippen LogP contribution is 2.31. The maximum absolute atomic E-state index is 12.3. The molecule has 6 heteroatoms. The fraction of sp³-hybridized carbons (Fsp3) is 0.737. The number of nitrogens with one attached hydrogen (secondary N) is 1. The molecule has 3 heterocycles. The van der Waals surface area contributed by atoms with Crippen molar-refractivity contribution in [3.63, 3.8) is 0 Å². The lowest BCUT2D eigenvalue weighted by molar-refractivity contribution is -0.141. The van der Waals surface area contributed by atoms with Crippen LogP contribution < -0.4 is 5.32 Å². The molecule has 1 aromatic heterocycles. The molecule has 0 radical (unpaired) electrons. The maximum atomic E-state index is 12.3. The third kappa shape index (κ3) is 4.36. The summed E-state index contributed by atoms with van der Waals surface area (Å²) in [5.41, 5.74) is 1.18. The normalized spacial score (nSPS) is 24.6. The minimum absolute atomic E-state index is 0.336. The number of rotatable bonds is 6. The van der Waals surface area contributed by atoms with E-state index in [1.165, 1.54) is 5.56 Å². The van der Waals surface area contributed by atoms with Gasteiger partial charge in [-0.25, -0.2) is 9.97 Å². The number of likely N-dealkylation sites (N-methyl/N-ethyl adjacent to an activating group) is 1. The Bertz CT molecular complexity index is 574. The lowest BCUT2D eigenvalue weighted by atomic mass is 9.83. The van der Waals surface area contributed by atoms with Gasteiger partial charge in [-0.2, -0.15) is 0 Å². The second-order valence-corrected chi connectivity index (χ2v) is 7.68. The first-order chi connectivity index (χ1) is 12.1. The van der Waals surface area contributed by atoms with E-state index in [9.17, 15) is 4.79 Å². The van der Waals surface area contributed by atoms with Crippen molar-refractivity contribution < 1.29 is 4.79 Å². The van der Waals surface area contributed by atoms with E-state index in [2.05, 4.69) is 38.9 Å². The Morgan fingerprint density at radius 1 is 1.28 bits per heavy atom. The summed E-state index contributed by atoms with van der Waals surface area (Å²) in [7, 11) is 1.95. The third-order valence-corrected chi connectivity index (χ3v) is 5.48. The molecular weight excluding hydrogens is 314 g/mol. The second kappa shape index (κ2) is 8.23. The molecule has 1 N–H and O–H groups in total. The van der Waals surface area contributed by atoms with Crippen molar-refractivity contribution in [1.82, 2.24) is 25.1 Å². The van der Waals surface area contributed by atoms with Gasteiger partial charge in [-0.05, 0) is 25.8 Å². The number of carbonyl (C=O) groups is 1. The molecule has 2 atom stereocenters. The van der Waals surface area contributed by atoms with E-state index in [4.69, 9.17) is 0 Å². The molecular formula is C19H31N5O. The molecule has 2 aliphatic heterocycles. The molecule has 0 bridgehead atoms. The molecule has 1 aromatic rings. The molecule has 138 valence electrons. The van der Waals surface area contributed by atoms with Gasteiger partial charge < -0.3 is 10.2 Å². The van der Waals surface area contributed by atoms with E-state index in [-0.39, 0.29) is 0 Å². The number of likely N-dealkylation sites (tertiary alicyclic amines) is 2. The summed E-state index contributed by atoms with van der Waals surface area (Å²) in [6, 6.07) is 0.422. The Morgan fingerprint density at radius 3 is 2.72 bits per heavy atom. The lowest BCUT2D eigenvalue weighted by Crippen LogP contribution is -2.56. The Morgan fingerprint density at radius 2 is 2.04 bits per heavy atom. The molecule has 0 aliphatic carbocycles. The van der Waals surface area contributed by atoms with Gasteiger partial charge in [-0.1, -0.05) is 13.8 Å². The highest BCUT2D eigenvalue weighted by Gasteiger charge is 2.38. The maximum Gasteiger partial charge on any atom is 0.222 e. The van der Waals surface area contributed by atoms with Crippen molar-refractivity contribution in [2.45, 2.75) is 51.6 Å². The average molecular weight is 345 g/mol. The zero-order chi connectivity index (χ0) is 17.8. The first-order valence-corrected chi connectivity index (χ1v) is 9.55. The van der Waals surface area contributed by atoms with Crippen LogP contribution >= 0.6 is 0 Å². The molecule has 1 amide bonds. The van der Waals surface area contributed by atoms with Crippen molar-refractivity contribution in [1.29, 1.82) is 0 Å². The fourth-order valence-corrected chi connectivity index (χ4v) is 4.10. The predicted molar refractivity (Wildman–Crippen MR) is 98.2 cm³/mol.